The van der Waals surface area contributed by atoms with Crippen LogP contribution in [0.4, 0.5) is 4.39 Å². The molecule has 0 bridgehead atoms. The monoisotopic (exact) mass is 285 g/mol. The quantitative estimate of drug-likeness (QED) is 0.722. The van der Waals surface area contributed by atoms with Gasteiger partial charge in [0, 0.05) is 16.6 Å². The maximum absolute atomic E-state index is 13.9. The Morgan fingerprint density at radius 2 is 2.05 bits per heavy atom. The molecule has 0 aliphatic carbocycles. The van der Waals surface area contributed by atoms with Crippen molar-refractivity contribution in [2.24, 2.45) is 5.92 Å². The molecule has 1 rings (SSSR count). The van der Waals surface area contributed by atoms with Gasteiger partial charge in [-0.1, -0.05) is 50.8 Å². The molecule has 2 atom stereocenters. The number of nitrogens with one attached hydrogen (secondary N) is 1. The molecule has 0 heterocycles. The van der Waals surface area contributed by atoms with Gasteiger partial charge in [0.25, 0.3) is 0 Å². The van der Waals surface area contributed by atoms with Crippen molar-refractivity contribution in [3.8, 4) is 0 Å². The van der Waals surface area contributed by atoms with E-state index in [4.69, 9.17) is 11.6 Å². The molecule has 0 spiro atoms. The first-order valence-corrected chi connectivity index (χ1v) is 7.61. The number of halogens is 2. The molecule has 0 amide bonds. The summed E-state index contributed by atoms with van der Waals surface area (Å²) in [5, 5.41) is 3.87. The smallest absolute Gasteiger partial charge is 0.127 e. The number of rotatable bonds is 8. The van der Waals surface area contributed by atoms with Crippen LogP contribution in [0.25, 0.3) is 0 Å². The number of benzene rings is 1. The molecule has 19 heavy (non-hydrogen) atoms. The predicted octanol–water partition coefficient (Wildman–Crippen LogP) is 4.83. The fourth-order valence-corrected chi connectivity index (χ4v) is 2.85. The molecule has 0 radical (unpaired) electrons. The summed E-state index contributed by atoms with van der Waals surface area (Å²) in [5.74, 6) is 0.374. The summed E-state index contributed by atoms with van der Waals surface area (Å²) in [6.07, 6.45) is 5.38. The average Bonchev–Trinajstić information content (AvgIpc) is 2.41. The van der Waals surface area contributed by atoms with Crippen LogP contribution in [-0.4, -0.2) is 13.1 Å². The lowest BCUT2D eigenvalue weighted by Crippen LogP contribution is -2.35. The summed E-state index contributed by atoms with van der Waals surface area (Å²) in [6.45, 7) is 4.41. The lowest BCUT2D eigenvalue weighted by atomic mass is 9.87. The summed E-state index contributed by atoms with van der Waals surface area (Å²) in [5.41, 5.74) is 0.637. The van der Waals surface area contributed by atoms with Crippen LogP contribution >= 0.6 is 11.6 Å². The van der Waals surface area contributed by atoms with Gasteiger partial charge in [-0.2, -0.15) is 0 Å². The second-order valence-corrected chi connectivity index (χ2v) is 5.52. The molecule has 3 heteroatoms. The van der Waals surface area contributed by atoms with Crippen molar-refractivity contribution < 1.29 is 4.39 Å². The first-order chi connectivity index (χ1) is 9.13. The van der Waals surface area contributed by atoms with Gasteiger partial charge in [0.1, 0.15) is 5.82 Å². The number of unbranched alkanes of at least 4 members (excludes halogenated alkanes) is 1. The minimum Gasteiger partial charge on any atom is -0.316 e. The molecule has 0 fully saturated rings. The summed E-state index contributed by atoms with van der Waals surface area (Å²) in [6, 6.07) is 5.19. The Labute approximate surface area is 121 Å². The van der Waals surface area contributed by atoms with Gasteiger partial charge in [-0.15, -0.1) is 0 Å². The molecule has 108 valence electrons. The topological polar surface area (TPSA) is 12.0 Å². The van der Waals surface area contributed by atoms with Crippen molar-refractivity contribution in [1.29, 1.82) is 0 Å². The minimum absolute atomic E-state index is 0.196. The van der Waals surface area contributed by atoms with Crippen molar-refractivity contribution in [3.63, 3.8) is 0 Å². The highest BCUT2D eigenvalue weighted by Crippen LogP contribution is 2.25. The van der Waals surface area contributed by atoms with Crippen molar-refractivity contribution in [2.45, 2.75) is 52.0 Å². The Morgan fingerprint density at radius 3 is 2.58 bits per heavy atom. The Balaban J connectivity index is 2.80. The molecule has 0 aliphatic heterocycles. The number of hydrogen-bond donors (Lipinski definition) is 1. The highest BCUT2D eigenvalue weighted by atomic mass is 35.5. The van der Waals surface area contributed by atoms with Crippen molar-refractivity contribution in [2.75, 3.05) is 7.05 Å². The summed E-state index contributed by atoms with van der Waals surface area (Å²) >= 11 is 6.12. The standard InChI is InChI=1S/C16H25ClFN/c1-4-6-8-12(5-2)16(19-3)11-13-14(17)9-7-10-15(13)18/h7,9-10,12,16,19H,4-6,8,11H2,1-3H3. The van der Waals surface area contributed by atoms with E-state index in [1.807, 2.05) is 7.05 Å². The van der Waals surface area contributed by atoms with Crippen molar-refractivity contribution >= 4 is 11.6 Å². The summed E-state index contributed by atoms with van der Waals surface area (Å²) < 4.78 is 13.9. The number of hydrogen-bond acceptors (Lipinski definition) is 1. The Bertz CT molecular complexity index is 361. The van der Waals surface area contributed by atoms with Crippen LogP contribution in [0.5, 0.6) is 0 Å². The van der Waals surface area contributed by atoms with Crippen LogP contribution in [0.3, 0.4) is 0 Å². The second kappa shape index (κ2) is 8.55. The molecule has 1 aromatic carbocycles. The van der Waals surface area contributed by atoms with Crippen LogP contribution in [-0.2, 0) is 6.42 Å². The fraction of sp³-hybridized carbons (Fsp3) is 0.625. The van der Waals surface area contributed by atoms with E-state index in [2.05, 4.69) is 19.2 Å². The predicted molar refractivity (Wildman–Crippen MR) is 81.3 cm³/mol. The maximum atomic E-state index is 13.9. The average molecular weight is 286 g/mol. The first-order valence-electron chi connectivity index (χ1n) is 7.24. The van der Waals surface area contributed by atoms with E-state index < -0.39 is 0 Å². The lowest BCUT2D eigenvalue weighted by Gasteiger charge is -2.26. The normalized spacial score (nSPS) is 14.4. The van der Waals surface area contributed by atoms with Gasteiger partial charge in [-0.25, -0.2) is 4.39 Å². The van der Waals surface area contributed by atoms with Crippen LogP contribution in [0, 0.1) is 11.7 Å². The van der Waals surface area contributed by atoms with E-state index in [1.54, 1.807) is 12.1 Å². The van der Waals surface area contributed by atoms with E-state index in [0.29, 0.717) is 22.9 Å². The molecule has 0 saturated carbocycles. The molecule has 0 aromatic heterocycles. The van der Waals surface area contributed by atoms with E-state index in [9.17, 15) is 4.39 Å². The zero-order valence-electron chi connectivity index (χ0n) is 12.2. The van der Waals surface area contributed by atoms with Gasteiger partial charge in [0.2, 0.25) is 0 Å². The van der Waals surface area contributed by atoms with E-state index in [-0.39, 0.29) is 11.9 Å². The molecule has 0 aliphatic rings. The molecule has 2 unspecified atom stereocenters. The minimum atomic E-state index is -0.196. The van der Waals surface area contributed by atoms with Gasteiger partial charge in [0.15, 0.2) is 0 Å². The van der Waals surface area contributed by atoms with Gasteiger partial charge in [0.05, 0.1) is 0 Å². The third-order valence-corrected chi connectivity index (χ3v) is 4.23. The third-order valence-electron chi connectivity index (χ3n) is 3.88. The highest BCUT2D eigenvalue weighted by molar-refractivity contribution is 6.31. The third kappa shape index (κ3) is 4.77. The Kier molecular flexibility index (Phi) is 7.40. The highest BCUT2D eigenvalue weighted by Gasteiger charge is 2.21. The number of likely N-dealkylation sites (N-methyl/N-ethyl adjacent to an activating group) is 1. The zero-order valence-corrected chi connectivity index (χ0v) is 12.9. The SMILES string of the molecule is CCCCC(CC)C(Cc1c(F)cccc1Cl)NC. The summed E-state index contributed by atoms with van der Waals surface area (Å²) in [7, 11) is 1.95. The van der Waals surface area contributed by atoms with Crippen LogP contribution in [0.15, 0.2) is 18.2 Å². The second-order valence-electron chi connectivity index (χ2n) is 5.11. The van der Waals surface area contributed by atoms with Gasteiger partial charge >= 0.3 is 0 Å². The van der Waals surface area contributed by atoms with Gasteiger partial charge in [-0.3, -0.25) is 0 Å². The summed E-state index contributed by atoms with van der Waals surface area (Å²) in [4.78, 5) is 0. The molecule has 1 nitrogen and oxygen atoms in total. The molecular weight excluding hydrogens is 261 g/mol. The van der Waals surface area contributed by atoms with E-state index >= 15 is 0 Å². The molecular formula is C16H25ClFN. The van der Waals surface area contributed by atoms with Crippen molar-refractivity contribution in [3.05, 3.63) is 34.6 Å². The fourth-order valence-electron chi connectivity index (χ4n) is 2.61. The zero-order chi connectivity index (χ0) is 14.3. The van der Waals surface area contributed by atoms with Crippen molar-refractivity contribution in [1.82, 2.24) is 5.32 Å². The van der Waals surface area contributed by atoms with E-state index in [1.165, 1.54) is 25.3 Å². The Morgan fingerprint density at radius 1 is 1.32 bits per heavy atom. The van der Waals surface area contributed by atoms with Crippen LogP contribution in [0.2, 0.25) is 5.02 Å². The largest absolute Gasteiger partial charge is 0.316 e. The molecule has 1 aromatic rings. The lowest BCUT2D eigenvalue weighted by molar-refractivity contribution is 0.328. The Hall–Kier alpha value is -0.600. The van der Waals surface area contributed by atoms with Gasteiger partial charge < -0.3 is 5.32 Å². The van der Waals surface area contributed by atoms with Crippen LogP contribution < -0.4 is 5.32 Å². The molecule has 1 N–H and O–H groups in total. The van der Waals surface area contributed by atoms with Gasteiger partial charge in [-0.05, 0) is 37.9 Å². The first kappa shape index (κ1) is 16.5. The maximum Gasteiger partial charge on any atom is 0.127 e. The van der Waals surface area contributed by atoms with Crippen LogP contribution in [0.1, 0.15) is 45.1 Å². The molecule has 0 saturated heterocycles. The van der Waals surface area contributed by atoms with E-state index in [0.717, 1.165) is 6.42 Å².